The lowest BCUT2D eigenvalue weighted by Crippen LogP contribution is -2.30. The number of ether oxygens (including phenoxy) is 2. The lowest BCUT2D eigenvalue weighted by molar-refractivity contribution is 0.0953. The van der Waals surface area contributed by atoms with Gasteiger partial charge in [0.05, 0.1) is 18.7 Å². The van der Waals surface area contributed by atoms with Crippen LogP contribution in [0, 0.1) is 5.41 Å². The van der Waals surface area contributed by atoms with Gasteiger partial charge in [0, 0.05) is 37.4 Å². The van der Waals surface area contributed by atoms with E-state index in [2.05, 4.69) is 31.1 Å². The van der Waals surface area contributed by atoms with Crippen molar-refractivity contribution in [2.75, 3.05) is 27.3 Å². The number of hydrogen-bond donors (Lipinski definition) is 2. The molecule has 0 fully saturated rings. The highest BCUT2D eigenvalue weighted by Gasteiger charge is 2.30. The number of Topliss-reactive ketones (excluding diaryl/α,β-unsaturated/α-hetero) is 1. The number of carbonyl (C=O) groups is 2. The van der Waals surface area contributed by atoms with Crippen LogP contribution >= 0.6 is 0 Å². The van der Waals surface area contributed by atoms with Crippen molar-refractivity contribution in [1.29, 1.82) is 5.41 Å². The molecule has 3 aromatic rings. The van der Waals surface area contributed by atoms with Crippen LogP contribution in [0.4, 0.5) is 0 Å². The van der Waals surface area contributed by atoms with Crippen molar-refractivity contribution >= 4 is 28.6 Å². The van der Waals surface area contributed by atoms with Crippen molar-refractivity contribution in [2.45, 2.75) is 46.3 Å². The Morgan fingerprint density at radius 3 is 2.61 bits per heavy atom. The highest BCUT2D eigenvalue weighted by molar-refractivity contribution is 6.08. The smallest absolute Gasteiger partial charge is 0.254 e. The van der Waals surface area contributed by atoms with Crippen molar-refractivity contribution in [3.63, 3.8) is 0 Å². The number of ketones is 1. The van der Waals surface area contributed by atoms with Gasteiger partial charge in [0.15, 0.2) is 11.4 Å². The first-order chi connectivity index (χ1) is 17.1. The number of oxazole rings is 1. The summed E-state index contributed by atoms with van der Waals surface area (Å²) in [6.45, 7) is 9.07. The van der Waals surface area contributed by atoms with Crippen molar-refractivity contribution in [1.82, 2.24) is 15.2 Å². The second kappa shape index (κ2) is 9.73. The molecular formula is C27H32N4O5. The van der Waals surface area contributed by atoms with Crippen LogP contribution in [0.15, 0.2) is 28.7 Å². The Kier molecular flexibility index (Phi) is 6.86. The van der Waals surface area contributed by atoms with Crippen molar-refractivity contribution in [3.05, 3.63) is 58.0 Å². The van der Waals surface area contributed by atoms with E-state index in [0.29, 0.717) is 52.6 Å². The molecule has 2 N–H and O–H groups in total. The molecule has 1 aliphatic rings. The van der Waals surface area contributed by atoms with Gasteiger partial charge in [-0.3, -0.25) is 15.0 Å². The van der Waals surface area contributed by atoms with Gasteiger partial charge in [-0.2, -0.15) is 0 Å². The molecule has 0 saturated heterocycles. The number of rotatable bonds is 8. The lowest BCUT2D eigenvalue weighted by Gasteiger charge is -2.21. The van der Waals surface area contributed by atoms with Gasteiger partial charge in [-0.05, 0) is 42.2 Å². The Morgan fingerprint density at radius 1 is 1.22 bits per heavy atom. The number of nitrogens with zero attached hydrogens (tertiary/aromatic N) is 2. The third-order valence-corrected chi connectivity index (χ3v) is 6.18. The van der Waals surface area contributed by atoms with Crippen LogP contribution in [-0.2, 0) is 23.3 Å². The van der Waals surface area contributed by atoms with E-state index < -0.39 is 0 Å². The maximum Gasteiger partial charge on any atom is 0.254 e. The summed E-state index contributed by atoms with van der Waals surface area (Å²) >= 11 is 0. The van der Waals surface area contributed by atoms with Crippen LogP contribution in [0.5, 0.6) is 5.75 Å². The summed E-state index contributed by atoms with van der Waals surface area (Å²) in [5, 5.41) is 11.3. The van der Waals surface area contributed by atoms with Gasteiger partial charge >= 0.3 is 0 Å². The van der Waals surface area contributed by atoms with Gasteiger partial charge in [0.25, 0.3) is 5.91 Å². The monoisotopic (exact) mass is 492 g/mol. The van der Waals surface area contributed by atoms with E-state index in [0.717, 1.165) is 11.1 Å². The molecule has 9 heteroatoms. The van der Waals surface area contributed by atoms with Gasteiger partial charge in [0.2, 0.25) is 5.89 Å². The molecule has 1 aliphatic heterocycles. The van der Waals surface area contributed by atoms with Crippen molar-refractivity contribution in [2.24, 2.45) is 0 Å². The molecule has 0 aliphatic carbocycles. The summed E-state index contributed by atoms with van der Waals surface area (Å²) in [6, 6.07) is 7.05. The zero-order chi connectivity index (χ0) is 26.2. The molecule has 0 unspecified atom stereocenters. The fourth-order valence-corrected chi connectivity index (χ4v) is 4.40. The first-order valence-electron chi connectivity index (χ1n) is 11.9. The molecule has 2 aromatic carbocycles. The van der Waals surface area contributed by atoms with Gasteiger partial charge in [-0.15, -0.1) is 0 Å². The normalized spacial score (nSPS) is 13.3. The molecule has 9 nitrogen and oxygen atoms in total. The molecule has 0 bridgehead atoms. The fourth-order valence-electron chi connectivity index (χ4n) is 4.40. The quantitative estimate of drug-likeness (QED) is 0.456. The molecule has 0 radical (unpaired) electrons. The van der Waals surface area contributed by atoms with Crippen LogP contribution in [0.1, 0.15) is 71.0 Å². The summed E-state index contributed by atoms with van der Waals surface area (Å²) in [6.07, 6.45) is 0. The highest BCUT2D eigenvalue weighted by Crippen LogP contribution is 2.34. The summed E-state index contributed by atoms with van der Waals surface area (Å²) in [4.78, 5) is 32.0. The van der Waals surface area contributed by atoms with Crippen LogP contribution < -0.4 is 10.1 Å². The third kappa shape index (κ3) is 4.70. The van der Waals surface area contributed by atoms with Gasteiger partial charge < -0.3 is 24.1 Å². The summed E-state index contributed by atoms with van der Waals surface area (Å²) in [5.74, 6) is 0.707. The average Bonchev–Trinajstić information content (AvgIpc) is 3.37. The zero-order valence-corrected chi connectivity index (χ0v) is 21.6. The number of amides is 1. The summed E-state index contributed by atoms with van der Waals surface area (Å²) < 4.78 is 16.8. The largest absolute Gasteiger partial charge is 0.493 e. The highest BCUT2D eigenvalue weighted by atomic mass is 16.5. The lowest BCUT2D eigenvalue weighted by atomic mass is 9.85. The molecule has 190 valence electrons. The first-order valence-corrected chi connectivity index (χ1v) is 11.9. The Morgan fingerprint density at radius 2 is 1.97 bits per heavy atom. The standard InChI is InChI=1S/C27H32N4O5/c1-7-35-22-10-16-12-31(25(28)17(16)11-18(22)26(33)29-5)13-21(32)15-8-19(27(2,3)4)24-20(9-15)30-23(36-24)14-34-6/h8-11,28H,7,12-14H2,1-6H3,(H,29,33). The number of fused-ring (bicyclic) bond motifs is 2. The molecule has 4 rings (SSSR count). The van der Waals surface area contributed by atoms with E-state index in [1.807, 2.05) is 13.0 Å². The van der Waals surface area contributed by atoms with E-state index >= 15 is 0 Å². The van der Waals surface area contributed by atoms with E-state index in [-0.39, 0.29) is 36.1 Å². The molecule has 0 atom stereocenters. The van der Waals surface area contributed by atoms with Gasteiger partial charge in [0.1, 0.15) is 23.7 Å². The Labute approximate surface area is 210 Å². The molecule has 1 amide bonds. The van der Waals surface area contributed by atoms with Crippen LogP contribution in [0.2, 0.25) is 0 Å². The van der Waals surface area contributed by atoms with Gasteiger partial charge in [-0.1, -0.05) is 20.8 Å². The van der Waals surface area contributed by atoms with Crippen LogP contribution in [-0.4, -0.2) is 54.7 Å². The van der Waals surface area contributed by atoms with Crippen molar-refractivity contribution < 1.29 is 23.5 Å². The summed E-state index contributed by atoms with van der Waals surface area (Å²) in [5.41, 5.74) is 4.21. The summed E-state index contributed by atoms with van der Waals surface area (Å²) in [7, 11) is 3.13. The van der Waals surface area contributed by atoms with E-state index in [1.54, 1.807) is 37.3 Å². The van der Waals surface area contributed by atoms with Crippen molar-refractivity contribution in [3.8, 4) is 5.75 Å². The SMILES string of the molecule is CCOc1cc2c(cc1C(=O)NC)C(=N)N(CC(=O)c1cc(C(C)(C)C)c3oc(COC)nc3c1)C2. The minimum absolute atomic E-state index is 0.0185. The number of amidine groups is 1. The fraction of sp³-hybridized carbons (Fsp3) is 0.407. The number of benzene rings is 2. The molecule has 36 heavy (non-hydrogen) atoms. The number of aromatic nitrogens is 1. The molecule has 2 heterocycles. The van der Waals surface area contributed by atoms with Crippen LogP contribution in [0.25, 0.3) is 11.1 Å². The number of nitrogens with one attached hydrogen (secondary N) is 2. The van der Waals surface area contributed by atoms with Gasteiger partial charge in [-0.25, -0.2) is 4.98 Å². The number of methoxy groups -OCH3 is 1. The second-order valence-electron chi connectivity index (χ2n) is 9.81. The van der Waals surface area contributed by atoms with E-state index in [9.17, 15) is 9.59 Å². The third-order valence-electron chi connectivity index (χ3n) is 6.18. The van der Waals surface area contributed by atoms with E-state index in [4.69, 9.17) is 19.3 Å². The maximum atomic E-state index is 13.4. The Hall–Kier alpha value is -3.72. The van der Waals surface area contributed by atoms with E-state index in [1.165, 1.54) is 0 Å². The minimum Gasteiger partial charge on any atom is -0.493 e. The minimum atomic E-state index is -0.285. The van der Waals surface area contributed by atoms with Crippen LogP contribution in [0.3, 0.4) is 0 Å². The second-order valence-corrected chi connectivity index (χ2v) is 9.81. The Balaban J connectivity index is 1.64. The number of carbonyl (C=O) groups excluding carboxylic acids is 2. The maximum absolute atomic E-state index is 13.4. The number of hydrogen-bond acceptors (Lipinski definition) is 7. The molecular weight excluding hydrogens is 460 g/mol. The zero-order valence-electron chi connectivity index (χ0n) is 21.6. The predicted molar refractivity (Wildman–Crippen MR) is 136 cm³/mol. The Bertz CT molecular complexity index is 1350. The molecule has 1 aromatic heterocycles. The molecule has 0 saturated carbocycles. The topological polar surface area (TPSA) is 118 Å². The predicted octanol–water partition coefficient (Wildman–Crippen LogP) is 4.05. The molecule has 0 spiro atoms. The average molecular weight is 493 g/mol. The first kappa shape index (κ1) is 25.4.